The average molecular weight is 393 g/mol. The molecular weight excluding hydrogens is 375 g/mol. The quantitative estimate of drug-likeness (QED) is 0.617. The lowest BCUT2D eigenvalue weighted by Crippen LogP contribution is -2.05. The van der Waals surface area contributed by atoms with E-state index in [1.807, 2.05) is 0 Å². The molecule has 0 saturated carbocycles. The Balaban J connectivity index is 0.000000261. The topological polar surface area (TPSA) is 82.8 Å². The minimum atomic E-state index is -4.41. The van der Waals surface area contributed by atoms with Crippen LogP contribution in [-0.4, -0.2) is 20.3 Å². The second-order valence-electron chi connectivity index (χ2n) is 5.62. The predicted molar refractivity (Wildman–Crippen MR) is 95.7 cm³/mol. The zero-order valence-electron chi connectivity index (χ0n) is 14.6. The first-order valence-electron chi connectivity index (χ1n) is 8.11. The van der Waals surface area contributed by atoms with Crippen molar-refractivity contribution in [2.45, 2.75) is 19.4 Å². The van der Waals surface area contributed by atoms with Crippen molar-refractivity contribution in [2.24, 2.45) is 0 Å². The summed E-state index contributed by atoms with van der Waals surface area (Å²) in [5.74, 6) is 0.656. The summed E-state index contributed by atoms with van der Waals surface area (Å²) >= 11 is 0. The molecule has 148 valence electrons. The zero-order chi connectivity index (χ0) is 20.6. The van der Waals surface area contributed by atoms with Crippen molar-refractivity contribution in [3.8, 4) is 17.4 Å². The van der Waals surface area contributed by atoms with Crippen molar-refractivity contribution < 1.29 is 33.2 Å². The highest BCUT2D eigenvalue weighted by atomic mass is 19.4. The van der Waals surface area contributed by atoms with Crippen LogP contribution in [-0.2, 0) is 19.4 Å². The fourth-order valence-electron chi connectivity index (χ4n) is 2.09. The number of rotatable bonds is 4. The van der Waals surface area contributed by atoms with Gasteiger partial charge in [0.2, 0.25) is 5.88 Å². The lowest BCUT2D eigenvalue weighted by Gasteiger charge is -2.08. The van der Waals surface area contributed by atoms with E-state index in [4.69, 9.17) is 20.1 Å². The van der Waals surface area contributed by atoms with Crippen LogP contribution in [0.3, 0.4) is 0 Å². The highest BCUT2D eigenvalue weighted by Gasteiger charge is 2.30. The molecule has 3 N–H and O–H groups in total. The minimum absolute atomic E-state index is 0.0194. The third kappa shape index (κ3) is 6.57. The molecule has 0 spiro atoms. The molecule has 8 heteroatoms. The summed E-state index contributed by atoms with van der Waals surface area (Å²) in [7, 11) is 0. The van der Waals surface area contributed by atoms with Gasteiger partial charge in [0, 0.05) is 12.3 Å². The molecule has 1 heterocycles. The minimum Gasteiger partial charge on any atom is -0.508 e. The number of hydrogen-bond acceptors (Lipinski definition) is 5. The molecule has 0 aliphatic rings. The van der Waals surface area contributed by atoms with Crippen molar-refractivity contribution in [3.05, 3.63) is 83.6 Å². The first kappa shape index (κ1) is 21.2. The van der Waals surface area contributed by atoms with E-state index in [2.05, 4.69) is 4.98 Å². The fraction of sp³-hybridized carbons (Fsp3) is 0.150. The molecule has 0 atom stereocenters. The van der Waals surface area contributed by atoms with Crippen LogP contribution in [0.2, 0.25) is 0 Å². The van der Waals surface area contributed by atoms with Crippen LogP contribution >= 0.6 is 0 Å². The molecule has 0 aliphatic carbocycles. The first-order chi connectivity index (χ1) is 13.3. The standard InChI is InChI=1S/C13H10F3NO2.C7H8O2/c14-13(15,16)10-4-5-12(17-7-10)19-11-3-1-2-9(6-11)8-18;8-5-6-2-1-3-7(9)4-6/h1-7,18H,8H2;1-4,8-9H,5H2. The predicted octanol–water partition coefficient (Wildman–Crippen LogP) is 4.27. The molecule has 2 aromatic carbocycles. The number of alkyl halides is 3. The average Bonchev–Trinajstić information content (AvgIpc) is 2.68. The number of nitrogens with zero attached hydrogens (tertiary/aromatic N) is 1. The van der Waals surface area contributed by atoms with E-state index < -0.39 is 11.7 Å². The summed E-state index contributed by atoms with van der Waals surface area (Å²) in [5.41, 5.74) is 0.545. The molecule has 0 aliphatic heterocycles. The number of benzene rings is 2. The maximum atomic E-state index is 12.3. The van der Waals surface area contributed by atoms with Crippen LogP contribution in [0.25, 0.3) is 0 Å². The Morgan fingerprint density at radius 1 is 0.857 bits per heavy atom. The number of pyridine rings is 1. The van der Waals surface area contributed by atoms with Gasteiger partial charge < -0.3 is 20.1 Å². The summed E-state index contributed by atoms with van der Waals surface area (Å²) in [6.45, 7) is -0.161. The zero-order valence-corrected chi connectivity index (χ0v) is 14.6. The number of phenols is 1. The normalized spacial score (nSPS) is 10.8. The van der Waals surface area contributed by atoms with E-state index >= 15 is 0 Å². The lowest BCUT2D eigenvalue weighted by atomic mass is 10.2. The molecule has 0 bridgehead atoms. The van der Waals surface area contributed by atoms with Gasteiger partial charge in [-0.2, -0.15) is 13.2 Å². The Kier molecular flexibility index (Phi) is 7.36. The Labute approximate surface area is 159 Å². The fourth-order valence-corrected chi connectivity index (χ4v) is 2.09. The second-order valence-corrected chi connectivity index (χ2v) is 5.62. The molecule has 0 unspecified atom stereocenters. The Bertz CT molecular complexity index is 883. The van der Waals surface area contributed by atoms with Gasteiger partial charge in [0.15, 0.2) is 0 Å². The number of hydrogen-bond donors (Lipinski definition) is 3. The van der Waals surface area contributed by atoms with Crippen molar-refractivity contribution in [1.29, 1.82) is 0 Å². The smallest absolute Gasteiger partial charge is 0.417 e. The summed E-state index contributed by atoms with van der Waals surface area (Å²) in [6, 6.07) is 15.2. The number of aliphatic hydroxyl groups excluding tert-OH is 2. The van der Waals surface area contributed by atoms with E-state index in [0.29, 0.717) is 17.5 Å². The van der Waals surface area contributed by atoms with Gasteiger partial charge in [-0.25, -0.2) is 4.98 Å². The van der Waals surface area contributed by atoms with Crippen LogP contribution < -0.4 is 4.74 Å². The molecule has 0 fully saturated rings. The van der Waals surface area contributed by atoms with Gasteiger partial charge in [0.05, 0.1) is 18.8 Å². The van der Waals surface area contributed by atoms with Crippen LogP contribution in [0.4, 0.5) is 13.2 Å². The number of halogens is 3. The van der Waals surface area contributed by atoms with Gasteiger partial charge in [-0.05, 0) is 41.5 Å². The largest absolute Gasteiger partial charge is 0.508 e. The molecule has 0 amide bonds. The summed E-state index contributed by atoms with van der Waals surface area (Å²) in [5, 5.41) is 26.3. The molecule has 3 rings (SSSR count). The van der Waals surface area contributed by atoms with E-state index in [9.17, 15) is 13.2 Å². The number of aromatic nitrogens is 1. The number of ether oxygens (including phenoxy) is 1. The maximum Gasteiger partial charge on any atom is 0.417 e. The molecule has 3 aromatic rings. The molecule has 1 aromatic heterocycles. The highest BCUT2D eigenvalue weighted by molar-refractivity contribution is 5.32. The van der Waals surface area contributed by atoms with E-state index in [-0.39, 0.29) is 24.8 Å². The van der Waals surface area contributed by atoms with Crippen molar-refractivity contribution in [3.63, 3.8) is 0 Å². The third-order valence-electron chi connectivity index (χ3n) is 3.46. The van der Waals surface area contributed by atoms with Gasteiger partial charge in [0.25, 0.3) is 0 Å². The Morgan fingerprint density at radius 2 is 1.50 bits per heavy atom. The van der Waals surface area contributed by atoms with E-state index in [0.717, 1.165) is 17.7 Å². The highest BCUT2D eigenvalue weighted by Crippen LogP contribution is 2.30. The van der Waals surface area contributed by atoms with Crippen LogP contribution in [0.1, 0.15) is 16.7 Å². The lowest BCUT2D eigenvalue weighted by molar-refractivity contribution is -0.137. The number of aromatic hydroxyl groups is 1. The van der Waals surface area contributed by atoms with Crippen LogP contribution in [0.15, 0.2) is 66.9 Å². The number of aliphatic hydroxyl groups is 2. The van der Waals surface area contributed by atoms with Crippen molar-refractivity contribution in [2.75, 3.05) is 0 Å². The summed E-state index contributed by atoms with van der Waals surface area (Å²) < 4.78 is 42.3. The maximum absolute atomic E-state index is 12.3. The monoisotopic (exact) mass is 393 g/mol. The van der Waals surface area contributed by atoms with Gasteiger partial charge in [-0.1, -0.05) is 24.3 Å². The van der Waals surface area contributed by atoms with Gasteiger partial charge >= 0.3 is 6.18 Å². The molecule has 0 saturated heterocycles. The molecular formula is C20H18F3NO4. The number of phenolic OH excluding ortho intramolecular Hbond substituents is 1. The van der Waals surface area contributed by atoms with Gasteiger partial charge in [0.1, 0.15) is 11.5 Å². The Hall–Kier alpha value is -3.10. The first-order valence-corrected chi connectivity index (χ1v) is 8.11. The van der Waals surface area contributed by atoms with Crippen molar-refractivity contribution >= 4 is 0 Å². The Morgan fingerprint density at radius 3 is 2.00 bits per heavy atom. The van der Waals surface area contributed by atoms with Gasteiger partial charge in [-0.3, -0.25) is 0 Å². The summed E-state index contributed by atoms with van der Waals surface area (Å²) in [6.07, 6.45) is -3.70. The SMILES string of the molecule is OCc1cccc(O)c1.OCc1cccc(Oc2ccc(C(F)(F)F)cn2)c1. The van der Waals surface area contributed by atoms with Crippen LogP contribution in [0, 0.1) is 0 Å². The van der Waals surface area contributed by atoms with E-state index in [1.54, 1.807) is 42.5 Å². The molecule has 0 radical (unpaired) electrons. The van der Waals surface area contributed by atoms with E-state index in [1.165, 1.54) is 6.07 Å². The molecule has 28 heavy (non-hydrogen) atoms. The van der Waals surface area contributed by atoms with Gasteiger partial charge in [-0.15, -0.1) is 0 Å². The third-order valence-corrected chi connectivity index (χ3v) is 3.46. The van der Waals surface area contributed by atoms with Crippen molar-refractivity contribution in [1.82, 2.24) is 4.98 Å². The molecule has 5 nitrogen and oxygen atoms in total. The van der Waals surface area contributed by atoms with Crippen LogP contribution in [0.5, 0.6) is 17.4 Å². The summed E-state index contributed by atoms with van der Waals surface area (Å²) in [4.78, 5) is 3.59. The second kappa shape index (κ2) is 9.72.